The van der Waals surface area contributed by atoms with Crippen molar-refractivity contribution in [2.75, 3.05) is 13.2 Å². The highest BCUT2D eigenvalue weighted by Crippen LogP contribution is 2.18. The molecule has 0 heterocycles. The first-order valence-corrected chi connectivity index (χ1v) is 8.35. The summed E-state index contributed by atoms with van der Waals surface area (Å²) in [6.07, 6.45) is -1.01. The van der Waals surface area contributed by atoms with Crippen LogP contribution in [0.1, 0.15) is 13.8 Å². The average molecular weight is 376 g/mol. The fourth-order valence-electron chi connectivity index (χ4n) is 2.00. The number of para-hydroxylation sites is 1. The third-order valence-corrected chi connectivity index (χ3v) is 3.34. The van der Waals surface area contributed by atoms with E-state index in [4.69, 9.17) is 14.2 Å². The van der Waals surface area contributed by atoms with Gasteiger partial charge in [-0.05, 0) is 50.2 Å². The number of carbonyl (C=O) groups is 2. The van der Waals surface area contributed by atoms with E-state index in [1.165, 1.54) is 25.1 Å². The highest BCUT2D eigenvalue weighted by atomic mass is 19.1. The second-order valence-electron chi connectivity index (χ2n) is 5.42. The van der Waals surface area contributed by atoms with Crippen LogP contribution in [-0.4, -0.2) is 31.1 Å². The topological polar surface area (TPSA) is 85.9 Å². The van der Waals surface area contributed by atoms with Gasteiger partial charge in [0.15, 0.2) is 24.3 Å². The minimum Gasteiger partial charge on any atom is -0.494 e. The molecule has 0 fully saturated rings. The number of benzene rings is 2. The standard InChI is InChI=1S/C19H21FN2O5/c1-3-25-14-8-10-15(11-9-14)26-12-18(23)21-22-19(24)13(2)27-17-7-5-4-6-16(17)20/h4-11,13H,3,12H2,1-2H3,(H,21,23)(H,22,24)/t13-/m0/s1. The molecule has 0 aliphatic heterocycles. The van der Waals surface area contributed by atoms with Crippen LogP contribution in [0.25, 0.3) is 0 Å². The molecule has 27 heavy (non-hydrogen) atoms. The van der Waals surface area contributed by atoms with Gasteiger partial charge >= 0.3 is 0 Å². The Morgan fingerprint density at radius 3 is 2.26 bits per heavy atom. The van der Waals surface area contributed by atoms with Crippen molar-refractivity contribution in [1.29, 1.82) is 0 Å². The molecule has 1 atom stereocenters. The van der Waals surface area contributed by atoms with Crippen LogP contribution < -0.4 is 25.1 Å². The SMILES string of the molecule is CCOc1ccc(OCC(=O)NNC(=O)[C@H](C)Oc2ccccc2F)cc1. The van der Waals surface area contributed by atoms with Crippen LogP contribution in [0.15, 0.2) is 48.5 Å². The van der Waals surface area contributed by atoms with E-state index in [0.29, 0.717) is 18.1 Å². The number of ether oxygens (including phenoxy) is 3. The Labute approximate surface area is 156 Å². The number of hydrogen-bond donors (Lipinski definition) is 2. The van der Waals surface area contributed by atoms with Gasteiger partial charge in [0.05, 0.1) is 6.61 Å². The molecule has 2 amide bonds. The van der Waals surface area contributed by atoms with Crippen LogP contribution >= 0.6 is 0 Å². The second kappa shape index (κ2) is 10.0. The Hall–Kier alpha value is -3.29. The summed E-state index contributed by atoms with van der Waals surface area (Å²) >= 11 is 0. The molecular formula is C19H21FN2O5. The van der Waals surface area contributed by atoms with Gasteiger partial charge in [0.1, 0.15) is 11.5 Å². The predicted octanol–water partition coefficient (Wildman–Crippen LogP) is 2.22. The number of carbonyl (C=O) groups excluding carboxylic acids is 2. The van der Waals surface area contributed by atoms with E-state index >= 15 is 0 Å². The summed E-state index contributed by atoms with van der Waals surface area (Å²) < 4.78 is 29.3. The number of nitrogens with one attached hydrogen (secondary N) is 2. The highest BCUT2D eigenvalue weighted by Gasteiger charge is 2.17. The Morgan fingerprint density at radius 2 is 1.63 bits per heavy atom. The predicted molar refractivity (Wildman–Crippen MR) is 95.9 cm³/mol. The Kier molecular flexibility index (Phi) is 7.42. The van der Waals surface area contributed by atoms with Gasteiger partial charge in [0.2, 0.25) is 0 Å². The zero-order valence-electron chi connectivity index (χ0n) is 15.0. The van der Waals surface area contributed by atoms with Crippen LogP contribution in [-0.2, 0) is 9.59 Å². The van der Waals surface area contributed by atoms with E-state index in [0.717, 1.165) is 0 Å². The molecule has 0 radical (unpaired) electrons. The molecule has 0 unspecified atom stereocenters. The zero-order valence-corrected chi connectivity index (χ0v) is 15.0. The van der Waals surface area contributed by atoms with E-state index < -0.39 is 23.7 Å². The van der Waals surface area contributed by atoms with Gasteiger partial charge in [0, 0.05) is 0 Å². The van der Waals surface area contributed by atoms with E-state index in [-0.39, 0.29) is 12.4 Å². The van der Waals surface area contributed by atoms with Crippen molar-refractivity contribution in [2.45, 2.75) is 20.0 Å². The number of halogens is 1. The minimum absolute atomic E-state index is 0.0506. The Morgan fingerprint density at radius 1 is 1.00 bits per heavy atom. The summed E-state index contributed by atoms with van der Waals surface area (Å²) in [5, 5.41) is 0. The first kappa shape index (κ1) is 20.0. The lowest BCUT2D eigenvalue weighted by Crippen LogP contribution is -2.48. The maximum Gasteiger partial charge on any atom is 0.279 e. The summed E-state index contributed by atoms with van der Waals surface area (Å²) in [5.74, 6) is -0.639. The summed E-state index contributed by atoms with van der Waals surface area (Å²) in [6.45, 7) is 3.58. The molecule has 0 bridgehead atoms. The van der Waals surface area contributed by atoms with Crippen LogP contribution in [0.2, 0.25) is 0 Å². The van der Waals surface area contributed by atoms with Crippen molar-refractivity contribution in [2.24, 2.45) is 0 Å². The second-order valence-corrected chi connectivity index (χ2v) is 5.42. The van der Waals surface area contributed by atoms with Crippen LogP contribution in [0.4, 0.5) is 4.39 Å². The van der Waals surface area contributed by atoms with Gasteiger partial charge in [-0.2, -0.15) is 0 Å². The smallest absolute Gasteiger partial charge is 0.279 e. The van der Waals surface area contributed by atoms with Gasteiger partial charge in [-0.15, -0.1) is 0 Å². The van der Waals surface area contributed by atoms with Gasteiger partial charge in [-0.1, -0.05) is 12.1 Å². The summed E-state index contributed by atoms with van der Waals surface area (Å²) in [4.78, 5) is 23.7. The lowest BCUT2D eigenvalue weighted by molar-refractivity contribution is -0.133. The van der Waals surface area contributed by atoms with Crippen molar-refractivity contribution in [1.82, 2.24) is 10.9 Å². The normalized spacial score (nSPS) is 11.2. The molecule has 0 aliphatic carbocycles. The van der Waals surface area contributed by atoms with Gasteiger partial charge in [-0.25, -0.2) is 4.39 Å². The quantitative estimate of drug-likeness (QED) is 0.690. The number of hydrazine groups is 1. The average Bonchev–Trinajstić information content (AvgIpc) is 2.67. The monoisotopic (exact) mass is 376 g/mol. The van der Waals surface area contributed by atoms with Crippen molar-refractivity contribution in [3.05, 3.63) is 54.3 Å². The summed E-state index contributed by atoms with van der Waals surface area (Å²) in [5.41, 5.74) is 4.40. The third-order valence-electron chi connectivity index (χ3n) is 3.34. The molecule has 0 saturated carbocycles. The van der Waals surface area contributed by atoms with E-state index in [1.54, 1.807) is 30.3 Å². The third kappa shape index (κ3) is 6.50. The fraction of sp³-hybridized carbons (Fsp3) is 0.263. The lowest BCUT2D eigenvalue weighted by atomic mass is 10.3. The molecule has 0 spiro atoms. The van der Waals surface area contributed by atoms with Crippen molar-refractivity contribution >= 4 is 11.8 Å². The fourth-order valence-corrected chi connectivity index (χ4v) is 2.00. The largest absolute Gasteiger partial charge is 0.494 e. The molecular weight excluding hydrogens is 355 g/mol. The first-order valence-electron chi connectivity index (χ1n) is 8.35. The van der Waals surface area contributed by atoms with Crippen molar-refractivity contribution < 1.29 is 28.2 Å². The first-order chi connectivity index (χ1) is 13.0. The molecule has 0 aliphatic rings. The lowest BCUT2D eigenvalue weighted by Gasteiger charge is -2.15. The van der Waals surface area contributed by atoms with Crippen LogP contribution in [0.5, 0.6) is 17.2 Å². The maximum atomic E-state index is 13.5. The van der Waals surface area contributed by atoms with Crippen LogP contribution in [0.3, 0.4) is 0 Å². The zero-order chi connectivity index (χ0) is 19.6. The van der Waals surface area contributed by atoms with E-state index in [9.17, 15) is 14.0 Å². The van der Waals surface area contributed by atoms with Gasteiger partial charge in [-0.3, -0.25) is 20.4 Å². The summed E-state index contributed by atoms with van der Waals surface area (Å²) in [6, 6.07) is 12.5. The van der Waals surface area contributed by atoms with Crippen molar-refractivity contribution in [3.63, 3.8) is 0 Å². The molecule has 8 heteroatoms. The van der Waals surface area contributed by atoms with Gasteiger partial charge < -0.3 is 14.2 Å². The number of rotatable bonds is 8. The van der Waals surface area contributed by atoms with E-state index in [2.05, 4.69) is 10.9 Å². The van der Waals surface area contributed by atoms with Crippen LogP contribution in [0, 0.1) is 5.82 Å². The maximum absolute atomic E-state index is 13.5. The molecule has 144 valence electrons. The Balaban J connectivity index is 1.72. The Bertz CT molecular complexity index is 767. The van der Waals surface area contributed by atoms with Crippen molar-refractivity contribution in [3.8, 4) is 17.2 Å². The number of amides is 2. The molecule has 2 aromatic rings. The molecule has 0 aromatic heterocycles. The molecule has 2 rings (SSSR count). The molecule has 2 N–H and O–H groups in total. The summed E-state index contributed by atoms with van der Waals surface area (Å²) in [7, 11) is 0. The minimum atomic E-state index is -1.01. The molecule has 7 nitrogen and oxygen atoms in total. The highest BCUT2D eigenvalue weighted by molar-refractivity contribution is 5.85. The number of hydrogen-bond acceptors (Lipinski definition) is 5. The van der Waals surface area contributed by atoms with Gasteiger partial charge in [0.25, 0.3) is 11.8 Å². The molecule has 2 aromatic carbocycles. The van der Waals surface area contributed by atoms with E-state index in [1.807, 2.05) is 6.92 Å². The molecule has 0 saturated heterocycles.